The number of Topliss-reactive ketones (excluding diaryl/α,β-unsaturated/α-hetero) is 1. The first kappa shape index (κ1) is 16.0. The molecule has 0 bridgehead atoms. The molecule has 3 N–H and O–H groups in total. The minimum Gasteiger partial charge on any atom is -0.404 e. The first-order valence-electron chi connectivity index (χ1n) is 6.48. The van der Waals surface area contributed by atoms with E-state index in [0.717, 1.165) is 0 Å². The third-order valence-corrected chi connectivity index (χ3v) is 2.90. The number of ketones is 1. The van der Waals surface area contributed by atoms with Crippen molar-refractivity contribution in [2.45, 2.75) is 32.7 Å². The molecule has 1 heterocycles. The fourth-order valence-corrected chi connectivity index (χ4v) is 1.70. The van der Waals surface area contributed by atoms with Crippen molar-refractivity contribution in [2.75, 3.05) is 6.61 Å². The number of aliphatic imine (C=N–C) groups is 1. The van der Waals surface area contributed by atoms with Gasteiger partial charge in [-0.25, -0.2) is 9.97 Å². The summed E-state index contributed by atoms with van der Waals surface area (Å²) in [6.45, 7) is 3.59. The number of hydrogen-bond acceptors (Lipinski definition) is 6. The molecule has 20 heavy (non-hydrogen) atoms. The molecule has 6 heteroatoms. The van der Waals surface area contributed by atoms with Crippen LogP contribution >= 0.6 is 0 Å². The van der Waals surface area contributed by atoms with Crippen molar-refractivity contribution >= 4 is 11.5 Å². The predicted octanol–water partition coefficient (Wildman–Crippen LogP) is 0.663. The van der Waals surface area contributed by atoms with E-state index in [0.29, 0.717) is 23.4 Å². The van der Waals surface area contributed by atoms with Crippen LogP contribution in [0.1, 0.15) is 26.0 Å². The molecular formula is C14H20N4O2. The Balaban J connectivity index is 2.83. The van der Waals surface area contributed by atoms with Gasteiger partial charge in [0.25, 0.3) is 0 Å². The molecule has 0 saturated carbocycles. The summed E-state index contributed by atoms with van der Waals surface area (Å²) >= 11 is 0. The summed E-state index contributed by atoms with van der Waals surface area (Å²) in [5.41, 5.74) is 7.05. The Kier molecular flexibility index (Phi) is 6.52. The van der Waals surface area contributed by atoms with Gasteiger partial charge in [-0.05, 0) is 19.4 Å². The Morgan fingerprint density at radius 1 is 1.60 bits per heavy atom. The molecule has 0 radical (unpaired) electrons. The highest BCUT2D eigenvalue weighted by Crippen LogP contribution is 2.07. The number of aliphatic hydroxyl groups excluding tert-OH is 1. The van der Waals surface area contributed by atoms with Crippen LogP contribution in [0.15, 0.2) is 35.4 Å². The van der Waals surface area contributed by atoms with E-state index in [2.05, 4.69) is 15.0 Å². The highest BCUT2D eigenvalue weighted by molar-refractivity contribution is 6.21. The molecule has 1 aromatic rings. The van der Waals surface area contributed by atoms with Crippen LogP contribution in [0, 0.1) is 0 Å². The van der Waals surface area contributed by atoms with Gasteiger partial charge in [0.2, 0.25) is 0 Å². The van der Waals surface area contributed by atoms with E-state index in [4.69, 9.17) is 10.8 Å². The smallest absolute Gasteiger partial charge is 0.172 e. The maximum atomic E-state index is 12.2. The molecular weight excluding hydrogens is 256 g/mol. The fourth-order valence-electron chi connectivity index (χ4n) is 1.70. The Bertz CT molecular complexity index is 493. The second-order valence-corrected chi connectivity index (χ2v) is 4.34. The lowest BCUT2D eigenvalue weighted by atomic mass is 10.0. The first-order chi connectivity index (χ1) is 9.62. The summed E-state index contributed by atoms with van der Waals surface area (Å²) in [5, 5.41) is 9.14. The number of carbonyl (C=O) groups excluding carboxylic acids is 1. The van der Waals surface area contributed by atoms with Gasteiger partial charge in [0.1, 0.15) is 6.33 Å². The molecule has 1 atom stereocenters. The fraction of sp³-hybridized carbons (Fsp3) is 0.429. The summed E-state index contributed by atoms with van der Waals surface area (Å²) in [5.74, 6) is -0.153. The topological polar surface area (TPSA) is 101 Å². The zero-order valence-corrected chi connectivity index (χ0v) is 11.8. The molecule has 1 aromatic heterocycles. The summed E-state index contributed by atoms with van der Waals surface area (Å²) in [7, 11) is 0. The number of allylic oxidation sites excluding steroid dienone is 1. The van der Waals surface area contributed by atoms with Crippen LogP contribution in [0.2, 0.25) is 0 Å². The van der Waals surface area contributed by atoms with Crippen LogP contribution < -0.4 is 5.73 Å². The van der Waals surface area contributed by atoms with E-state index in [1.165, 1.54) is 12.5 Å². The molecule has 1 rings (SSSR count). The molecule has 0 spiro atoms. The molecule has 0 aliphatic heterocycles. The summed E-state index contributed by atoms with van der Waals surface area (Å²) in [6, 6.07) is 1.47. The second kappa shape index (κ2) is 8.16. The second-order valence-electron chi connectivity index (χ2n) is 4.34. The summed E-state index contributed by atoms with van der Waals surface area (Å²) in [4.78, 5) is 24.3. The number of nitrogens with two attached hydrogens (primary N) is 1. The molecule has 1 unspecified atom stereocenters. The van der Waals surface area contributed by atoms with Crippen molar-refractivity contribution in [3.63, 3.8) is 0 Å². The van der Waals surface area contributed by atoms with Crippen molar-refractivity contribution in [1.29, 1.82) is 0 Å². The third kappa shape index (κ3) is 4.55. The molecule has 0 amide bonds. The van der Waals surface area contributed by atoms with Gasteiger partial charge in [-0.1, -0.05) is 6.92 Å². The number of aromatic nitrogens is 2. The zero-order valence-electron chi connectivity index (χ0n) is 11.8. The van der Waals surface area contributed by atoms with Crippen molar-refractivity contribution in [1.82, 2.24) is 9.97 Å². The SMILES string of the molecule is CCC(CO)N=C(C)C(=CN)C(=O)Cc1ccncn1. The Labute approximate surface area is 118 Å². The maximum Gasteiger partial charge on any atom is 0.172 e. The largest absolute Gasteiger partial charge is 0.404 e. The van der Waals surface area contributed by atoms with Crippen LogP contribution in [0.25, 0.3) is 0 Å². The predicted molar refractivity (Wildman–Crippen MR) is 77.3 cm³/mol. The van der Waals surface area contributed by atoms with Gasteiger partial charge in [-0.15, -0.1) is 0 Å². The van der Waals surface area contributed by atoms with E-state index >= 15 is 0 Å². The average molecular weight is 276 g/mol. The van der Waals surface area contributed by atoms with Crippen molar-refractivity contribution < 1.29 is 9.90 Å². The highest BCUT2D eigenvalue weighted by Gasteiger charge is 2.15. The van der Waals surface area contributed by atoms with E-state index in [1.54, 1.807) is 19.2 Å². The molecule has 0 saturated heterocycles. The van der Waals surface area contributed by atoms with Crippen LogP contribution in [0.3, 0.4) is 0 Å². The normalized spacial score (nSPS) is 14.2. The summed E-state index contributed by atoms with van der Waals surface area (Å²) in [6.07, 6.45) is 5.09. The van der Waals surface area contributed by atoms with Crippen LogP contribution in [-0.4, -0.2) is 39.2 Å². The number of hydrogen-bond donors (Lipinski definition) is 2. The Morgan fingerprint density at radius 2 is 2.35 bits per heavy atom. The van der Waals surface area contributed by atoms with Crippen LogP contribution in [0.4, 0.5) is 0 Å². The van der Waals surface area contributed by atoms with Gasteiger partial charge in [0, 0.05) is 18.1 Å². The summed E-state index contributed by atoms with van der Waals surface area (Å²) < 4.78 is 0. The molecule has 6 nitrogen and oxygen atoms in total. The Hall–Kier alpha value is -2.08. The number of carbonyl (C=O) groups is 1. The lowest BCUT2D eigenvalue weighted by Crippen LogP contribution is -2.18. The van der Waals surface area contributed by atoms with E-state index < -0.39 is 0 Å². The van der Waals surface area contributed by atoms with Crippen molar-refractivity contribution in [3.05, 3.63) is 36.1 Å². The van der Waals surface area contributed by atoms with Crippen LogP contribution in [-0.2, 0) is 11.2 Å². The number of aliphatic hydroxyl groups is 1. The van der Waals surface area contributed by atoms with Gasteiger partial charge < -0.3 is 10.8 Å². The third-order valence-electron chi connectivity index (χ3n) is 2.90. The van der Waals surface area contributed by atoms with E-state index in [-0.39, 0.29) is 24.9 Å². The van der Waals surface area contributed by atoms with Gasteiger partial charge in [-0.3, -0.25) is 9.79 Å². The molecule has 0 aromatic carbocycles. The van der Waals surface area contributed by atoms with Gasteiger partial charge >= 0.3 is 0 Å². The minimum atomic E-state index is -0.211. The van der Waals surface area contributed by atoms with Gasteiger partial charge in [0.15, 0.2) is 5.78 Å². The zero-order chi connectivity index (χ0) is 15.0. The average Bonchev–Trinajstić information content (AvgIpc) is 2.46. The quantitative estimate of drug-likeness (QED) is 0.563. The molecule has 0 aliphatic rings. The number of nitrogens with zero attached hydrogens (tertiary/aromatic N) is 3. The standard InChI is InChI=1S/C14H20N4O2/c1-3-11(8-19)18-10(2)13(7-15)14(20)6-12-4-5-16-9-17-12/h4-5,7,9,11,19H,3,6,8,15H2,1-2H3. The van der Waals surface area contributed by atoms with Crippen LogP contribution in [0.5, 0.6) is 0 Å². The lowest BCUT2D eigenvalue weighted by molar-refractivity contribution is -0.114. The molecule has 0 fully saturated rings. The van der Waals surface area contributed by atoms with Crippen molar-refractivity contribution in [2.24, 2.45) is 10.7 Å². The Morgan fingerprint density at radius 3 is 2.85 bits per heavy atom. The van der Waals surface area contributed by atoms with E-state index in [9.17, 15) is 4.79 Å². The molecule has 108 valence electrons. The highest BCUT2D eigenvalue weighted by atomic mass is 16.3. The van der Waals surface area contributed by atoms with Gasteiger partial charge in [0.05, 0.1) is 30.3 Å². The van der Waals surface area contributed by atoms with Crippen molar-refractivity contribution in [3.8, 4) is 0 Å². The van der Waals surface area contributed by atoms with E-state index in [1.807, 2.05) is 6.92 Å². The van der Waals surface area contributed by atoms with Gasteiger partial charge in [-0.2, -0.15) is 0 Å². The first-order valence-corrected chi connectivity index (χ1v) is 6.48. The minimum absolute atomic E-state index is 0.0498. The molecule has 0 aliphatic carbocycles. The lowest BCUT2D eigenvalue weighted by Gasteiger charge is -2.10. The monoisotopic (exact) mass is 276 g/mol. The maximum absolute atomic E-state index is 12.2. The number of rotatable bonds is 7.